The summed E-state index contributed by atoms with van der Waals surface area (Å²) in [4.78, 5) is 29.6. The number of ether oxygens (including phenoxy) is 1. The molecule has 0 spiro atoms. The Bertz CT molecular complexity index is 867. The first kappa shape index (κ1) is 24.3. The summed E-state index contributed by atoms with van der Waals surface area (Å²) < 4.78 is 7.15. The zero-order valence-electron chi connectivity index (χ0n) is 17.9. The Hall–Kier alpha value is -2.02. The summed E-state index contributed by atoms with van der Waals surface area (Å²) in [7, 11) is 3.54. The Morgan fingerprint density at radius 3 is 2.43 bits per heavy atom. The lowest BCUT2D eigenvalue weighted by atomic mass is 10.1. The molecule has 2 rings (SSSR count). The fraction of sp³-hybridized carbons (Fsp3) is 0.455. The van der Waals surface area contributed by atoms with Crippen molar-refractivity contribution < 1.29 is 14.3 Å². The lowest BCUT2D eigenvalue weighted by Crippen LogP contribution is -2.45. The zero-order chi connectivity index (χ0) is 22.3. The summed E-state index contributed by atoms with van der Waals surface area (Å²) in [5, 5.41) is 0.691. The van der Waals surface area contributed by atoms with E-state index in [2.05, 4.69) is 0 Å². The molecule has 164 valence electrons. The third-order valence-electron chi connectivity index (χ3n) is 4.69. The van der Waals surface area contributed by atoms with Gasteiger partial charge in [-0.15, -0.1) is 0 Å². The third-order valence-corrected chi connectivity index (χ3v) is 5.43. The first-order chi connectivity index (χ1) is 14.2. The molecule has 1 heterocycles. The van der Waals surface area contributed by atoms with E-state index in [1.54, 1.807) is 29.0 Å². The van der Waals surface area contributed by atoms with Crippen LogP contribution in [0.1, 0.15) is 29.9 Å². The molecule has 0 unspecified atom stereocenters. The van der Waals surface area contributed by atoms with Crippen LogP contribution in [0.4, 0.5) is 0 Å². The number of carbonyl (C=O) groups is 2. The highest BCUT2D eigenvalue weighted by molar-refractivity contribution is 6.42. The molecular weight excluding hydrogens is 425 g/mol. The van der Waals surface area contributed by atoms with Crippen LogP contribution < -0.4 is 0 Å². The van der Waals surface area contributed by atoms with Crippen molar-refractivity contribution in [1.29, 1.82) is 0 Å². The Morgan fingerprint density at radius 1 is 1.13 bits per heavy atom. The number of carbonyl (C=O) groups excluding carboxylic acids is 2. The van der Waals surface area contributed by atoms with Crippen LogP contribution in [-0.4, -0.2) is 59.5 Å². The Labute approximate surface area is 188 Å². The van der Waals surface area contributed by atoms with Gasteiger partial charge in [0.2, 0.25) is 5.91 Å². The quantitative estimate of drug-likeness (QED) is 0.543. The van der Waals surface area contributed by atoms with Crippen molar-refractivity contribution in [3.05, 3.63) is 57.8 Å². The minimum absolute atomic E-state index is 0.0224. The molecule has 2 amide bonds. The summed E-state index contributed by atoms with van der Waals surface area (Å²) in [6.07, 6.45) is 1.94. The van der Waals surface area contributed by atoms with E-state index < -0.39 is 0 Å². The number of benzene rings is 1. The summed E-state index contributed by atoms with van der Waals surface area (Å²) in [5.74, 6) is -0.187. The molecule has 8 heteroatoms. The molecule has 0 aliphatic heterocycles. The first-order valence-corrected chi connectivity index (χ1v) is 10.6. The maximum absolute atomic E-state index is 13.2. The maximum Gasteiger partial charge on any atom is 0.254 e. The summed E-state index contributed by atoms with van der Waals surface area (Å²) >= 11 is 12.1. The summed E-state index contributed by atoms with van der Waals surface area (Å²) in [5.41, 5.74) is 1.41. The number of amides is 2. The highest BCUT2D eigenvalue weighted by Gasteiger charge is 2.24. The van der Waals surface area contributed by atoms with Crippen LogP contribution in [0.15, 0.2) is 36.5 Å². The van der Waals surface area contributed by atoms with Crippen LogP contribution in [0.3, 0.4) is 0 Å². The van der Waals surface area contributed by atoms with Crippen LogP contribution in [-0.2, 0) is 23.1 Å². The van der Waals surface area contributed by atoms with E-state index in [-0.39, 0.29) is 24.3 Å². The second kappa shape index (κ2) is 11.4. The molecule has 0 atom stereocenters. The Balaban J connectivity index is 2.20. The number of aryl methyl sites for hydroxylation is 1. The summed E-state index contributed by atoms with van der Waals surface area (Å²) in [6, 6.07) is 8.66. The van der Waals surface area contributed by atoms with Crippen molar-refractivity contribution in [2.75, 3.05) is 33.4 Å². The minimum atomic E-state index is -0.249. The SMILES string of the molecule is COCCN(Cc1cccn1C)C(=O)CN(CC(C)C)C(=O)c1ccc(Cl)c(Cl)c1. The van der Waals surface area contributed by atoms with Crippen LogP contribution in [0.5, 0.6) is 0 Å². The molecule has 0 fully saturated rings. The van der Waals surface area contributed by atoms with Crippen LogP contribution >= 0.6 is 23.2 Å². The lowest BCUT2D eigenvalue weighted by molar-refractivity contribution is -0.133. The van der Waals surface area contributed by atoms with Gasteiger partial charge in [0, 0.05) is 44.7 Å². The second-order valence-corrected chi connectivity index (χ2v) is 8.44. The molecule has 1 aromatic carbocycles. The van der Waals surface area contributed by atoms with E-state index in [0.29, 0.717) is 41.8 Å². The standard InChI is InChI=1S/C22H29Cl2N3O3/c1-16(2)13-27(22(29)17-7-8-19(23)20(24)12-17)15-21(28)26(10-11-30-4)14-18-6-5-9-25(18)3/h5-9,12,16H,10-11,13-15H2,1-4H3. The van der Waals surface area contributed by atoms with Gasteiger partial charge in [0.05, 0.1) is 23.2 Å². The van der Waals surface area contributed by atoms with Gasteiger partial charge in [-0.05, 0) is 36.2 Å². The van der Waals surface area contributed by atoms with E-state index >= 15 is 0 Å². The highest BCUT2D eigenvalue weighted by atomic mass is 35.5. The number of rotatable bonds is 10. The van der Waals surface area contributed by atoms with Gasteiger partial charge in [0.25, 0.3) is 5.91 Å². The van der Waals surface area contributed by atoms with Crippen molar-refractivity contribution in [1.82, 2.24) is 14.4 Å². The fourth-order valence-electron chi connectivity index (χ4n) is 3.08. The van der Waals surface area contributed by atoms with E-state index in [0.717, 1.165) is 5.69 Å². The smallest absolute Gasteiger partial charge is 0.254 e. The van der Waals surface area contributed by atoms with E-state index in [9.17, 15) is 9.59 Å². The van der Waals surface area contributed by atoms with E-state index in [4.69, 9.17) is 27.9 Å². The maximum atomic E-state index is 13.2. The van der Waals surface area contributed by atoms with Crippen molar-refractivity contribution in [2.45, 2.75) is 20.4 Å². The average molecular weight is 454 g/mol. The molecule has 2 aromatic rings. The third kappa shape index (κ3) is 6.76. The van der Waals surface area contributed by atoms with Gasteiger partial charge in [-0.3, -0.25) is 9.59 Å². The molecule has 0 aliphatic carbocycles. The van der Waals surface area contributed by atoms with Gasteiger partial charge < -0.3 is 19.1 Å². The highest BCUT2D eigenvalue weighted by Crippen LogP contribution is 2.23. The van der Waals surface area contributed by atoms with Gasteiger partial charge in [-0.1, -0.05) is 37.0 Å². The Morgan fingerprint density at radius 2 is 1.87 bits per heavy atom. The predicted molar refractivity (Wildman–Crippen MR) is 120 cm³/mol. The second-order valence-electron chi connectivity index (χ2n) is 7.63. The normalized spacial score (nSPS) is 11.0. The molecular formula is C22H29Cl2N3O3. The number of halogens is 2. The van der Waals surface area contributed by atoms with Gasteiger partial charge in [0.15, 0.2) is 0 Å². The number of hydrogen-bond donors (Lipinski definition) is 0. The van der Waals surface area contributed by atoms with Gasteiger partial charge >= 0.3 is 0 Å². The van der Waals surface area contributed by atoms with Crippen molar-refractivity contribution in [2.24, 2.45) is 13.0 Å². The number of aromatic nitrogens is 1. The molecule has 30 heavy (non-hydrogen) atoms. The fourth-order valence-corrected chi connectivity index (χ4v) is 3.38. The average Bonchev–Trinajstić information content (AvgIpc) is 3.10. The first-order valence-electron chi connectivity index (χ1n) is 9.84. The lowest BCUT2D eigenvalue weighted by Gasteiger charge is -2.29. The molecule has 0 saturated heterocycles. The van der Waals surface area contributed by atoms with Crippen LogP contribution in [0.25, 0.3) is 0 Å². The molecule has 0 saturated carbocycles. The minimum Gasteiger partial charge on any atom is -0.383 e. The van der Waals surface area contributed by atoms with E-state index in [1.165, 1.54) is 6.07 Å². The number of methoxy groups -OCH3 is 1. The molecule has 0 aliphatic rings. The van der Waals surface area contributed by atoms with Gasteiger partial charge in [-0.25, -0.2) is 0 Å². The largest absolute Gasteiger partial charge is 0.383 e. The predicted octanol–water partition coefficient (Wildman–Crippen LogP) is 4.11. The number of hydrogen-bond acceptors (Lipinski definition) is 3. The van der Waals surface area contributed by atoms with Gasteiger partial charge in [0.1, 0.15) is 6.54 Å². The molecule has 0 bridgehead atoms. The molecule has 1 aromatic heterocycles. The number of nitrogens with zero attached hydrogens (tertiary/aromatic N) is 3. The van der Waals surface area contributed by atoms with Crippen molar-refractivity contribution >= 4 is 35.0 Å². The monoisotopic (exact) mass is 453 g/mol. The summed E-state index contributed by atoms with van der Waals surface area (Å²) in [6.45, 7) is 5.75. The molecule has 6 nitrogen and oxygen atoms in total. The van der Waals surface area contributed by atoms with Crippen LogP contribution in [0, 0.1) is 5.92 Å². The van der Waals surface area contributed by atoms with Crippen molar-refractivity contribution in [3.8, 4) is 0 Å². The Kier molecular flexibility index (Phi) is 9.21. The topological polar surface area (TPSA) is 54.8 Å². The zero-order valence-corrected chi connectivity index (χ0v) is 19.4. The van der Waals surface area contributed by atoms with Crippen LogP contribution in [0.2, 0.25) is 10.0 Å². The molecule has 0 radical (unpaired) electrons. The van der Waals surface area contributed by atoms with Gasteiger partial charge in [-0.2, -0.15) is 0 Å². The van der Waals surface area contributed by atoms with Crippen molar-refractivity contribution in [3.63, 3.8) is 0 Å². The van der Waals surface area contributed by atoms with E-state index in [1.807, 2.05) is 43.8 Å². The molecule has 0 N–H and O–H groups in total.